The van der Waals surface area contributed by atoms with Gasteiger partial charge in [-0.05, 0) is 53.9 Å². The number of ether oxygens (including phenoxy) is 1. The van der Waals surface area contributed by atoms with Crippen LogP contribution in [0.3, 0.4) is 0 Å². The van der Waals surface area contributed by atoms with Crippen LogP contribution in [0.15, 0.2) is 65.7 Å². The Hall–Kier alpha value is -2.35. The maximum absolute atomic E-state index is 13.0. The second kappa shape index (κ2) is 10.3. The number of halogens is 1. The summed E-state index contributed by atoms with van der Waals surface area (Å²) in [6, 6.07) is 15.4. The van der Waals surface area contributed by atoms with Crippen molar-refractivity contribution in [2.75, 3.05) is 7.11 Å². The highest BCUT2D eigenvalue weighted by atomic mass is 35.5. The monoisotopic (exact) mass is 461 g/mol. The van der Waals surface area contributed by atoms with Crippen LogP contribution in [0, 0.1) is 5.92 Å². The molecule has 0 saturated heterocycles. The van der Waals surface area contributed by atoms with Gasteiger partial charge in [0.1, 0.15) is 5.75 Å². The molecule has 3 rings (SSSR count). The van der Waals surface area contributed by atoms with Gasteiger partial charge in [0.15, 0.2) is 0 Å². The van der Waals surface area contributed by atoms with Crippen LogP contribution >= 0.6 is 11.6 Å². The summed E-state index contributed by atoms with van der Waals surface area (Å²) in [6.07, 6.45) is 3.54. The Kier molecular flexibility index (Phi) is 7.75. The zero-order valence-electron chi connectivity index (χ0n) is 18.0. The Labute approximate surface area is 189 Å². The van der Waals surface area contributed by atoms with E-state index in [9.17, 15) is 8.42 Å². The van der Waals surface area contributed by atoms with Gasteiger partial charge in [-0.1, -0.05) is 50.4 Å². The summed E-state index contributed by atoms with van der Waals surface area (Å²) in [5, 5.41) is 5.19. The van der Waals surface area contributed by atoms with Crippen LogP contribution in [0.4, 0.5) is 0 Å². The third-order valence-electron chi connectivity index (χ3n) is 5.41. The van der Waals surface area contributed by atoms with Gasteiger partial charge in [-0.3, -0.25) is 4.68 Å². The van der Waals surface area contributed by atoms with E-state index in [0.29, 0.717) is 17.3 Å². The minimum absolute atomic E-state index is 0.117. The van der Waals surface area contributed by atoms with E-state index in [1.165, 1.54) is 12.1 Å². The summed E-state index contributed by atoms with van der Waals surface area (Å²) in [5.41, 5.74) is 1.79. The van der Waals surface area contributed by atoms with E-state index >= 15 is 0 Å². The van der Waals surface area contributed by atoms with E-state index < -0.39 is 16.1 Å². The van der Waals surface area contributed by atoms with E-state index in [4.69, 9.17) is 21.4 Å². The fourth-order valence-electron chi connectivity index (χ4n) is 3.56. The molecule has 0 amide bonds. The van der Waals surface area contributed by atoms with Crippen LogP contribution in [-0.2, 0) is 16.6 Å². The molecule has 1 aromatic heterocycles. The van der Waals surface area contributed by atoms with Crippen LogP contribution in [0.2, 0.25) is 5.02 Å². The van der Waals surface area contributed by atoms with Crippen LogP contribution in [-0.4, -0.2) is 25.3 Å². The quantitative estimate of drug-likeness (QED) is 0.458. The van der Waals surface area contributed by atoms with Crippen molar-refractivity contribution in [3.8, 4) is 5.75 Å². The highest BCUT2D eigenvalue weighted by molar-refractivity contribution is 7.89. The molecule has 8 heteroatoms. The standard InChI is InChI=1S/C23H28ClN3O3S/c1-4-18(5-2)23(26-31(28,29)21-12-8-19(24)9-13-21)22-14-15-27(25-22)16-17-6-10-20(30-3)11-7-17/h6-15,18,23,26H,4-5,16H2,1-3H3. The largest absolute Gasteiger partial charge is 0.497 e. The highest BCUT2D eigenvalue weighted by Gasteiger charge is 2.28. The van der Waals surface area contributed by atoms with E-state index in [0.717, 1.165) is 24.2 Å². The van der Waals surface area contributed by atoms with E-state index in [2.05, 4.69) is 18.6 Å². The summed E-state index contributed by atoms with van der Waals surface area (Å²) in [4.78, 5) is 0.186. The van der Waals surface area contributed by atoms with Crippen molar-refractivity contribution in [3.05, 3.63) is 77.1 Å². The molecule has 1 heterocycles. The number of hydrogen-bond acceptors (Lipinski definition) is 4. The first kappa shape index (κ1) is 23.3. The number of sulfonamides is 1. The molecule has 0 spiro atoms. The number of benzene rings is 2. The van der Waals surface area contributed by atoms with Crippen LogP contribution in [0.5, 0.6) is 5.75 Å². The maximum Gasteiger partial charge on any atom is 0.241 e. The lowest BCUT2D eigenvalue weighted by molar-refractivity contribution is 0.369. The summed E-state index contributed by atoms with van der Waals surface area (Å²) in [5.74, 6) is 0.918. The van der Waals surface area contributed by atoms with Crippen LogP contribution < -0.4 is 9.46 Å². The smallest absolute Gasteiger partial charge is 0.241 e. The first-order valence-electron chi connectivity index (χ1n) is 10.3. The van der Waals surface area contributed by atoms with Crippen molar-refractivity contribution >= 4 is 21.6 Å². The van der Waals surface area contributed by atoms with Gasteiger partial charge in [0.25, 0.3) is 0 Å². The highest BCUT2D eigenvalue weighted by Crippen LogP contribution is 2.29. The summed E-state index contributed by atoms with van der Waals surface area (Å²) < 4.78 is 35.9. The lowest BCUT2D eigenvalue weighted by atomic mass is 9.93. The van der Waals surface area contributed by atoms with Gasteiger partial charge in [-0.25, -0.2) is 13.1 Å². The zero-order valence-corrected chi connectivity index (χ0v) is 19.5. The maximum atomic E-state index is 13.0. The van der Waals surface area contributed by atoms with Crippen molar-refractivity contribution in [3.63, 3.8) is 0 Å². The average molecular weight is 462 g/mol. The zero-order chi connectivity index (χ0) is 22.4. The molecular formula is C23H28ClN3O3S. The van der Waals surface area contributed by atoms with Gasteiger partial charge in [0, 0.05) is 11.2 Å². The molecule has 0 radical (unpaired) electrons. The molecule has 6 nitrogen and oxygen atoms in total. The molecule has 0 saturated carbocycles. The summed E-state index contributed by atoms with van der Waals surface area (Å²) in [7, 11) is -2.08. The Bertz CT molecular complexity index is 1080. The lowest BCUT2D eigenvalue weighted by Crippen LogP contribution is -2.33. The Morgan fingerprint density at radius 1 is 1.03 bits per heavy atom. The molecule has 1 N–H and O–H groups in total. The molecule has 3 aromatic rings. The van der Waals surface area contributed by atoms with Gasteiger partial charge >= 0.3 is 0 Å². The Morgan fingerprint density at radius 3 is 2.26 bits per heavy atom. The SMILES string of the molecule is CCC(CC)C(NS(=O)(=O)c1ccc(Cl)cc1)c1ccn(Cc2ccc(OC)cc2)n1. The van der Waals surface area contributed by atoms with Crippen molar-refractivity contribution in [1.29, 1.82) is 0 Å². The Balaban J connectivity index is 1.84. The summed E-state index contributed by atoms with van der Waals surface area (Å²) >= 11 is 5.91. The van der Waals surface area contributed by atoms with Crippen LogP contribution in [0.25, 0.3) is 0 Å². The van der Waals surface area contributed by atoms with Gasteiger partial charge in [-0.2, -0.15) is 5.10 Å². The predicted molar refractivity (Wildman–Crippen MR) is 123 cm³/mol. The molecule has 0 aliphatic heterocycles. The molecule has 2 aromatic carbocycles. The van der Waals surface area contributed by atoms with Crippen molar-refractivity contribution in [2.24, 2.45) is 5.92 Å². The number of rotatable bonds is 10. The molecule has 1 atom stereocenters. The van der Waals surface area contributed by atoms with Crippen LogP contribution in [0.1, 0.15) is 44.0 Å². The molecule has 31 heavy (non-hydrogen) atoms. The second-order valence-corrected chi connectivity index (χ2v) is 9.57. The van der Waals surface area contributed by atoms with Gasteiger partial charge in [-0.15, -0.1) is 0 Å². The van der Waals surface area contributed by atoms with E-state index in [-0.39, 0.29) is 10.8 Å². The minimum Gasteiger partial charge on any atom is -0.497 e. The fourth-order valence-corrected chi connectivity index (χ4v) is 4.96. The van der Waals surface area contributed by atoms with Gasteiger partial charge in [0.05, 0.1) is 30.3 Å². The molecule has 166 valence electrons. The number of nitrogens with one attached hydrogen (secondary N) is 1. The first-order valence-corrected chi connectivity index (χ1v) is 12.2. The molecule has 0 aliphatic rings. The lowest BCUT2D eigenvalue weighted by Gasteiger charge is -2.25. The second-order valence-electron chi connectivity index (χ2n) is 7.42. The van der Waals surface area contributed by atoms with Gasteiger partial charge < -0.3 is 4.74 Å². The van der Waals surface area contributed by atoms with E-state index in [1.807, 2.05) is 41.2 Å². The number of methoxy groups -OCH3 is 1. The third kappa shape index (κ3) is 5.87. The van der Waals surface area contributed by atoms with Crippen molar-refractivity contribution in [2.45, 2.75) is 44.2 Å². The molecule has 0 fully saturated rings. The average Bonchev–Trinajstić information content (AvgIpc) is 3.23. The fraction of sp³-hybridized carbons (Fsp3) is 0.348. The first-order chi connectivity index (χ1) is 14.9. The number of hydrogen-bond donors (Lipinski definition) is 1. The molecule has 0 aliphatic carbocycles. The number of nitrogens with zero attached hydrogens (tertiary/aromatic N) is 2. The number of aromatic nitrogens is 2. The van der Waals surface area contributed by atoms with E-state index in [1.54, 1.807) is 19.2 Å². The normalized spacial score (nSPS) is 12.8. The van der Waals surface area contributed by atoms with Crippen molar-refractivity contribution in [1.82, 2.24) is 14.5 Å². The molecule has 1 unspecified atom stereocenters. The van der Waals surface area contributed by atoms with Crippen molar-refractivity contribution < 1.29 is 13.2 Å². The minimum atomic E-state index is -3.72. The Morgan fingerprint density at radius 2 is 1.68 bits per heavy atom. The molecule has 0 bridgehead atoms. The topological polar surface area (TPSA) is 73.2 Å². The molecular weight excluding hydrogens is 434 g/mol. The summed E-state index contributed by atoms with van der Waals surface area (Å²) in [6.45, 7) is 4.71. The predicted octanol–water partition coefficient (Wildman–Crippen LogP) is 5.05. The third-order valence-corrected chi connectivity index (χ3v) is 7.12. The van der Waals surface area contributed by atoms with Gasteiger partial charge in [0.2, 0.25) is 10.0 Å².